The van der Waals surface area contributed by atoms with E-state index in [1.807, 2.05) is 24.3 Å². The Kier molecular flexibility index (Phi) is 12.3. The number of hydrogen-bond acceptors (Lipinski definition) is 4. The first kappa shape index (κ1) is 40.8. The van der Waals surface area contributed by atoms with Gasteiger partial charge in [-0.15, -0.1) is 0 Å². The molecule has 2 amide bonds. The van der Waals surface area contributed by atoms with Gasteiger partial charge in [0.1, 0.15) is 0 Å². The Morgan fingerprint density at radius 3 is 1.98 bits per heavy atom. The number of carbonyl (C=O) groups excluding carboxylic acids is 2. The number of aryl methyl sites for hydroxylation is 1. The molecule has 14 heteroatoms. The minimum Gasteiger partial charge on any atom is -0.351 e. The van der Waals surface area contributed by atoms with E-state index in [9.17, 15) is 44.3 Å². The van der Waals surface area contributed by atoms with Gasteiger partial charge in [-0.05, 0) is 88.5 Å². The van der Waals surface area contributed by atoms with Crippen LogP contribution in [0.5, 0.6) is 0 Å². The second kappa shape index (κ2) is 16.0. The van der Waals surface area contributed by atoms with Gasteiger partial charge in [-0.25, -0.2) is 0 Å². The van der Waals surface area contributed by atoms with Gasteiger partial charge in [-0.1, -0.05) is 81.5 Å². The quantitative estimate of drug-likeness (QED) is 0.104. The monoisotopic (exact) mass is 760 g/mol. The molecular formula is C39H38F6N2O5S. The molecule has 0 spiro atoms. The molecular weight excluding hydrogens is 722 g/mol. The molecule has 0 heterocycles. The molecule has 4 aromatic carbocycles. The first-order valence-electron chi connectivity index (χ1n) is 16.3. The van der Waals surface area contributed by atoms with Crippen LogP contribution in [0.3, 0.4) is 0 Å². The first-order chi connectivity index (χ1) is 24.5. The lowest BCUT2D eigenvalue weighted by atomic mass is 9.89. The minimum absolute atomic E-state index is 0.0432. The van der Waals surface area contributed by atoms with Crippen molar-refractivity contribution in [2.24, 2.45) is 5.41 Å². The SMILES string of the molecule is Cc1cc(NC(=O)C(Cc2ccc(C(=O)NCCS(=O)(=O)O)cc2)c2ccc(C=CC(C)(C)C)cc2)ccc1-c1ccc(C(F)(F)F)cc1C(F)(F)F. The van der Waals surface area contributed by atoms with Crippen LogP contribution in [-0.4, -0.2) is 37.1 Å². The fourth-order valence-corrected chi connectivity index (χ4v) is 5.79. The Bertz CT molecular complexity index is 2090. The molecule has 3 N–H and O–H groups in total. The van der Waals surface area contributed by atoms with Gasteiger partial charge in [-0.2, -0.15) is 34.8 Å². The number of hydrogen-bond donors (Lipinski definition) is 3. The van der Waals surface area contributed by atoms with Crippen LogP contribution in [0.2, 0.25) is 0 Å². The number of nitrogens with one attached hydrogen (secondary N) is 2. The van der Waals surface area contributed by atoms with Crippen LogP contribution in [0.15, 0.2) is 91.0 Å². The second-order valence-electron chi connectivity index (χ2n) is 13.6. The molecule has 0 saturated carbocycles. The third-order valence-corrected chi connectivity index (χ3v) is 8.89. The molecule has 7 nitrogen and oxygen atoms in total. The van der Waals surface area contributed by atoms with Crippen LogP contribution in [0.1, 0.15) is 70.4 Å². The highest BCUT2D eigenvalue weighted by atomic mass is 32.2. The summed E-state index contributed by atoms with van der Waals surface area (Å²) in [5.41, 5.74) is -0.333. The van der Waals surface area contributed by atoms with E-state index in [0.29, 0.717) is 17.2 Å². The van der Waals surface area contributed by atoms with Crippen molar-refractivity contribution in [2.75, 3.05) is 17.6 Å². The van der Waals surface area contributed by atoms with Crippen LogP contribution in [0.25, 0.3) is 17.2 Å². The van der Waals surface area contributed by atoms with Crippen molar-refractivity contribution in [1.82, 2.24) is 5.32 Å². The molecule has 4 rings (SSSR count). The van der Waals surface area contributed by atoms with E-state index >= 15 is 0 Å². The third-order valence-electron chi connectivity index (χ3n) is 8.17. The fraction of sp³-hybridized carbons (Fsp3) is 0.282. The smallest absolute Gasteiger partial charge is 0.351 e. The molecule has 0 fully saturated rings. The first-order valence-corrected chi connectivity index (χ1v) is 17.9. The molecule has 53 heavy (non-hydrogen) atoms. The van der Waals surface area contributed by atoms with Gasteiger partial charge < -0.3 is 10.6 Å². The Morgan fingerprint density at radius 2 is 1.43 bits per heavy atom. The molecule has 1 unspecified atom stereocenters. The molecule has 4 aromatic rings. The molecule has 0 aromatic heterocycles. The molecule has 0 aliphatic heterocycles. The van der Waals surface area contributed by atoms with Gasteiger partial charge in [0, 0.05) is 17.8 Å². The van der Waals surface area contributed by atoms with Crippen molar-refractivity contribution in [1.29, 1.82) is 0 Å². The molecule has 0 aliphatic carbocycles. The van der Waals surface area contributed by atoms with Crippen molar-refractivity contribution < 1.29 is 48.9 Å². The summed E-state index contributed by atoms with van der Waals surface area (Å²) in [5, 5.41) is 5.22. The van der Waals surface area contributed by atoms with E-state index in [0.717, 1.165) is 11.6 Å². The van der Waals surface area contributed by atoms with Gasteiger partial charge in [-0.3, -0.25) is 14.1 Å². The molecule has 0 radical (unpaired) electrons. The fourth-order valence-electron chi connectivity index (χ4n) is 5.43. The van der Waals surface area contributed by atoms with Gasteiger partial charge in [0.2, 0.25) is 5.91 Å². The molecule has 1 atom stereocenters. The topological polar surface area (TPSA) is 113 Å². The number of carbonyl (C=O) groups is 2. The maximum atomic E-state index is 13.9. The lowest BCUT2D eigenvalue weighted by molar-refractivity contribution is -0.142. The van der Waals surface area contributed by atoms with E-state index in [1.165, 1.54) is 37.3 Å². The molecule has 282 valence electrons. The van der Waals surface area contributed by atoms with E-state index in [4.69, 9.17) is 4.55 Å². The predicted molar refractivity (Wildman–Crippen MR) is 192 cm³/mol. The summed E-state index contributed by atoms with van der Waals surface area (Å²) < 4.78 is 112. The standard InChI is InChI=1S/C39H38F6N2O5S/c1-24-21-30(14-16-31(24)32-15-13-29(38(40,41)42)23-34(32)39(43,44)45)47-36(49)33(27-9-5-25(6-10-27)17-18-37(2,3)4)22-26-7-11-28(12-8-26)35(48)46-19-20-53(50,51)52/h5-18,21,23,33H,19-20,22H2,1-4H3,(H,46,48)(H,47,49)(H,50,51,52). The Hall–Kier alpha value is -4.95. The summed E-state index contributed by atoms with van der Waals surface area (Å²) in [6.07, 6.45) is -5.85. The normalized spacial score (nSPS) is 13.2. The number of halogens is 6. The third kappa shape index (κ3) is 11.8. The maximum absolute atomic E-state index is 13.9. The molecule has 0 aliphatic rings. The summed E-state index contributed by atoms with van der Waals surface area (Å²) in [5.74, 6) is -2.44. The van der Waals surface area contributed by atoms with Crippen molar-refractivity contribution in [2.45, 2.75) is 52.4 Å². The van der Waals surface area contributed by atoms with E-state index in [-0.39, 0.29) is 46.8 Å². The zero-order chi connectivity index (χ0) is 39.4. The highest BCUT2D eigenvalue weighted by molar-refractivity contribution is 7.85. The summed E-state index contributed by atoms with van der Waals surface area (Å²) in [6.45, 7) is 7.36. The largest absolute Gasteiger partial charge is 0.417 e. The number of allylic oxidation sites excluding steroid dienone is 1. The Balaban J connectivity index is 1.62. The number of amides is 2. The van der Waals surface area contributed by atoms with Gasteiger partial charge >= 0.3 is 12.4 Å². The molecule has 0 bridgehead atoms. The van der Waals surface area contributed by atoms with Crippen LogP contribution in [0.4, 0.5) is 32.0 Å². The summed E-state index contributed by atoms with van der Waals surface area (Å²) in [4.78, 5) is 26.4. The predicted octanol–water partition coefficient (Wildman–Crippen LogP) is 9.34. The van der Waals surface area contributed by atoms with Crippen molar-refractivity contribution in [3.05, 3.63) is 130 Å². The van der Waals surface area contributed by atoms with Crippen LogP contribution >= 0.6 is 0 Å². The van der Waals surface area contributed by atoms with Gasteiger partial charge in [0.05, 0.1) is 22.8 Å². The van der Waals surface area contributed by atoms with Gasteiger partial charge in [0.25, 0.3) is 16.0 Å². The van der Waals surface area contributed by atoms with Crippen LogP contribution < -0.4 is 10.6 Å². The summed E-state index contributed by atoms with van der Waals surface area (Å²) >= 11 is 0. The van der Waals surface area contributed by atoms with Gasteiger partial charge in [0.15, 0.2) is 0 Å². The number of alkyl halides is 6. The number of rotatable bonds is 11. The van der Waals surface area contributed by atoms with Crippen LogP contribution in [0, 0.1) is 12.3 Å². The summed E-state index contributed by atoms with van der Waals surface area (Å²) in [6, 6.07) is 19.2. The summed E-state index contributed by atoms with van der Waals surface area (Å²) in [7, 11) is -4.25. The lowest BCUT2D eigenvalue weighted by Crippen LogP contribution is -2.28. The lowest BCUT2D eigenvalue weighted by Gasteiger charge is -2.20. The highest BCUT2D eigenvalue weighted by Gasteiger charge is 2.38. The van der Waals surface area contributed by atoms with E-state index in [2.05, 4.69) is 31.4 Å². The average Bonchev–Trinajstić information content (AvgIpc) is 3.05. The van der Waals surface area contributed by atoms with Crippen molar-refractivity contribution in [3.8, 4) is 11.1 Å². The van der Waals surface area contributed by atoms with E-state index < -0.39 is 62.6 Å². The molecule has 0 saturated heterocycles. The number of anilines is 1. The van der Waals surface area contributed by atoms with Crippen LogP contribution in [-0.2, 0) is 33.7 Å². The number of benzene rings is 4. The average molecular weight is 761 g/mol. The minimum atomic E-state index is -5.06. The van der Waals surface area contributed by atoms with Crippen molar-refractivity contribution in [3.63, 3.8) is 0 Å². The maximum Gasteiger partial charge on any atom is 0.417 e. The highest BCUT2D eigenvalue weighted by Crippen LogP contribution is 2.42. The Morgan fingerprint density at radius 1 is 0.811 bits per heavy atom. The van der Waals surface area contributed by atoms with E-state index in [1.54, 1.807) is 24.3 Å². The second-order valence-corrected chi connectivity index (χ2v) is 15.2. The zero-order valence-corrected chi connectivity index (χ0v) is 30.0. The zero-order valence-electron chi connectivity index (χ0n) is 29.2. The van der Waals surface area contributed by atoms with Crippen molar-refractivity contribution >= 4 is 33.7 Å². The Labute approximate surface area is 303 Å².